The Morgan fingerprint density at radius 3 is 2.80 bits per heavy atom. The van der Waals surface area contributed by atoms with Crippen LogP contribution in [0.1, 0.15) is 18.9 Å². The van der Waals surface area contributed by atoms with E-state index < -0.39 is 0 Å². The van der Waals surface area contributed by atoms with Crippen molar-refractivity contribution in [2.24, 2.45) is 0 Å². The summed E-state index contributed by atoms with van der Waals surface area (Å²) in [4.78, 5) is 0. The van der Waals surface area contributed by atoms with E-state index >= 15 is 0 Å². The molecule has 0 aliphatic carbocycles. The molecule has 1 N–H and O–H groups in total. The van der Waals surface area contributed by atoms with Gasteiger partial charge in [0.1, 0.15) is 5.82 Å². The van der Waals surface area contributed by atoms with Crippen molar-refractivity contribution in [1.82, 2.24) is 0 Å². The normalized spacial score (nSPS) is 10.3. The first-order valence-electron chi connectivity index (χ1n) is 5.31. The third-order valence-corrected chi connectivity index (χ3v) is 2.04. The predicted octanol–water partition coefficient (Wildman–Crippen LogP) is 2.97. The minimum atomic E-state index is -0.192. The number of halogens is 1. The maximum atomic E-state index is 13.0. The summed E-state index contributed by atoms with van der Waals surface area (Å²) < 4.78 is 18.2. The number of ether oxygens (including phenoxy) is 1. The fraction of sp³-hybridized carbons (Fsp3) is 0.500. The highest BCUT2D eigenvalue weighted by Gasteiger charge is 1.96. The summed E-state index contributed by atoms with van der Waals surface area (Å²) >= 11 is 0. The van der Waals surface area contributed by atoms with Crippen LogP contribution in [0.4, 0.5) is 10.1 Å². The number of aryl methyl sites for hydroxylation is 1. The molecule has 0 spiro atoms. The van der Waals surface area contributed by atoms with Crippen LogP contribution in [0.15, 0.2) is 18.2 Å². The van der Waals surface area contributed by atoms with Crippen molar-refractivity contribution in [1.29, 1.82) is 0 Å². The van der Waals surface area contributed by atoms with Crippen molar-refractivity contribution < 1.29 is 9.13 Å². The molecule has 15 heavy (non-hydrogen) atoms. The molecule has 0 aliphatic heterocycles. The van der Waals surface area contributed by atoms with Gasteiger partial charge in [0.15, 0.2) is 0 Å². The molecule has 0 aromatic heterocycles. The highest BCUT2D eigenvalue weighted by atomic mass is 19.1. The second-order valence-corrected chi connectivity index (χ2v) is 3.49. The van der Waals surface area contributed by atoms with Crippen LogP contribution in [0.25, 0.3) is 0 Å². The lowest BCUT2D eigenvalue weighted by molar-refractivity contribution is 0.147. The maximum Gasteiger partial charge on any atom is 0.125 e. The summed E-state index contributed by atoms with van der Waals surface area (Å²) in [5.41, 5.74) is 1.77. The molecule has 0 atom stereocenters. The van der Waals surface area contributed by atoms with Gasteiger partial charge in [-0.05, 0) is 44.0 Å². The molecular formula is C12H18FNO. The Kier molecular flexibility index (Phi) is 5.12. The molecule has 0 amide bonds. The van der Waals surface area contributed by atoms with Crippen LogP contribution in [0.5, 0.6) is 0 Å². The van der Waals surface area contributed by atoms with Gasteiger partial charge in [-0.1, -0.05) is 0 Å². The zero-order valence-electron chi connectivity index (χ0n) is 9.35. The summed E-state index contributed by atoms with van der Waals surface area (Å²) in [7, 11) is 0. The van der Waals surface area contributed by atoms with Gasteiger partial charge in [0.2, 0.25) is 0 Å². The molecule has 2 nitrogen and oxygen atoms in total. The zero-order chi connectivity index (χ0) is 11.1. The van der Waals surface area contributed by atoms with Gasteiger partial charge < -0.3 is 10.1 Å². The van der Waals surface area contributed by atoms with Crippen molar-refractivity contribution in [3.63, 3.8) is 0 Å². The minimum absolute atomic E-state index is 0.192. The van der Waals surface area contributed by atoms with E-state index in [1.54, 1.807) is 0 Å². The van der Waals surface area contributed by atoms with E-state index in [1.807, 2.05) is 19.9 Å². The molecular weight excluding hydrogens is 193 g/mol. The first-order valence-corrected chi connectivity index (χ1v) is 5.31. The van der Waals surface area contributed by atoms with Crippen molar-refractivity contribution in [2.75, 3.05) is 25.1 Å². The van der Waals surface area contributed by atoms with Crippen LogP contribution in [-0.2, 0) is 4.74 Å². The van der Waals surface area contributed by atoms with E-state index in [0.717, 1.165) is 37.4 Å². The Hall–Kier alpha value is -1.09. The van der Waals surface area contributed by atoms with Gasteiger partial charge in [-0.25, -0.2) is 4.39 Å². The Balaban J connectivity index is 2.31. The summed E-state index contributed by atoms with van der Waals surface area (Å²) in [6.45, 7) is 6.16. The van der Waals surface area contributed by atoms with Gasteiger partial charge in [0.25, 0.3) is 0 Å². The van der Waals surface area contributed by atoms with Crippen LogP contribution >= 0.6 is 0 Å². The lowest BCUT2D eigenvalue weighted by atomic mass is 10.2. The van der Waals surface area contributed by atoms with Crippen LogP contribution in [0, 0.1) is 12.7 Å². The smallest absolute Gasteiger partial charge is 0.125 e. The van der Waals surface area contributed by atoms with E-state index in [4.69, 9.17) is 4.74 Å². The summed E-state index contributed by atoms with van der Waals surface area (Å²) in [5, 5.41) is 3.17. The molecule has 0 saturated heterocycles. The Morgan fingerprint density at radius 2 is 2.13 bits per heavy atom. The van der Waals surface area contributed by atoms with Gasteiger partial charge in [0.05, 0.1) is 0 Å². The Morgan fingerprint density at radius 1 is 1.33 bits per heavy atom. The SMILES string of the molecule is CCOCCCNc1cc(C)cc(F)c1. The fourth-order valence-corrected chi connectivity index (χ4v) is 1.39. The Bertz CT molecular complexity index is 281. The highest BCUT2D eigenvalue weighted by molar-refractivity contribution is 5.45. The Labute approximate surface area is 90.4 Å². The molecule has 1 aromatic rings. The van der Waals surface area contributed by atoms with Crippen LogP contribution in [-0.4, -0.2) is 19.8 Å². The molecule has 0 unspecified atom stereocenters. The molecule has 84 valence electrons. The van der Waals surface area contributed by atoms with Crippen LogP contribution in [0.2, 0.25) is 0 Å². The monoisotopic (exact) mass is 211 g/mol. The van der Waals surface area contributed by atoms with E-state index in [-0.39, 0.29) is 5.82 Å². The molecule has 0 saturated carbocycles. The van der Waals surface area contributed by atoms with Crippen LogP contribution < -0.4 is 5.32 Å². The molecule has 0 radical (unpaired) electrons. The van der Waals surface area contributed by atoms with Gasteiger partial charge in [-0.3, -0.25) is 0 Å². The standard InChI is InChI=1S/C12H18FNO/c1-3-15-6-4-5-14-12-8-10(2)7-11(13)9-12/h7-9,14H,3-6H2,1-2H3. The predicted molar refractivity (Wildman–Crippen MR) is 60.7 cm³/mol. The average Bonchev–Trinajstić information content (AvgIpc) is 2.16. The number of hydrogen-bond acceptors (Lipinski definition) is 2. The molecule has 3 heteroatoms. The lowest BCUT2D eigenvalue weighted by Crippen LogP contribution is -2.05. The molecule has 1 aromatic carbocycles. The van der Waals surface area contributed by atoms with Crippen LogP contribution in [0.3, 0.4) is 0 Å². The summed E-state index contributed by atoms with van der Waals surface area (Å²) in [5.74, 6) is -0.192. The largest absolute Gasteiger partial charge is 0.385 e. The number of benzene rings is 1. The zero-order valence-corrected chi connectivity index (χ0v) is 9.35. The first kappa shape index (κ1) is 12.0. The quantitative estimate of drug-likeness (QED) is 0.730. The number of anilines is 1. The van der Waals surface area contributed by atoms with Crippen molar-refractivity contribution in [2.45, 2.75) is 20.3 Å². The van der Waals surface area contributed by atoms with Crippen molar-refractivity contribution in [3.05, 3.63) is 29.6 Å². The summed E-state index contributed by atoms with van der Waals surface area (Å²) in [6, 6.07) is 4.96. The van der Waals surface area contributed by atoms with Gasteiger partial charge in [0, 0.05) is 25.4 Å². The third kappa shape index (κ3) is 4.79. The minimum Gasteiger partial charge on any atom is -0.385 e. The third-order valence-electron chi connectivity index (χ3n) is 2.04. The summed E-state index contributed by atoms with van der Waals surface area (Å²) in [6.07, 6.45) is 0.934. The lowest BCUT2D eigenvalue weighted by Gasteiger charge is -2.07. The van der Waals surface area contributed by atoms with E-state index in [9.17, 15) is 4.39 Å². The first-order chi connectivity index (χ1) is 7.22. The van der Waals surface area contributed by atoms with Crippen molar-refractivity contribution >= 4 is 5.69 Å². The molecule has 1 rings (SSSR count). The average molecular weight is 211 g/mol. The molecule has 0 heterocycles. The van der Waals surface area contributed by atoms with Gasteiger partial charge >= 0.3 is 0 Å². The molecule has 0 bridgehead atoms. The van der Waals surface area contributed by atoms with E-state index in [1.165, 1.54) is 12.1 Å². The number of rotatable bonds is 6. The molecule has 0 fully saturated rings. The second kappa shape index (κ2) is 6.40. The highest BCUT2D eigenvalue weighted by Crippen LogP contribution is 2.12. The maximum absolute atomic E-state index is 13.0. The fourth-order valence-electron chi connectivity index (χ4n) is 1.39. The van der Waals surface area contributed by atoms with E-state index in [2.05, 4.69) is 5.32 Å². The van der Waals surface area contributed by atoms with Gasteiger partial charge in [-0.15, -0.1) is 0 Å². The van der Waals surface area contributed by atoms with E-state index in [0.29, 0.717) is 0 Å². The number of hydrogen-bond donors (Lipinski definition) is 1. The van der Waals surface area contributed by atoms with Gasteiger partial charge in [-0.2, -0.15) is 0 Å². The second-order valence-electron chi connectivity index (χ2n) is 3.49. The topological polar surface area (TPSA) is 21.3 Å². The number of nitrogens with one attached hydrogen (secondary N) is 1. The molecule has 0 aliphatic rings. The van der Waals surface area contributed by atoms with Crippen molar-refractivity contribution in [3.8, 4) is 0 Å².